The first-order valence-electron chi connectivity index (χ1n) is 7.31. The number of hydrogen-bond acceptors (Lipinski definition) is 5. The zero-order valence-electron chi connectivity index (χ0n) is 12.6. The van der Waals surface area contributed by atoms with Gasteiger partial charge in [0.15, 0.2) is 12.1 Å². The lowest BCUT2D eigenvalue weighted by molar-refractivity contribution is -0.277. The summed E-state index contributed by atoms with van der Waals surface area (Å²) in [5, 5.41) is 10.4. The molecule has 2 saturated heterocycles. The normalized spacial score (nSPS) is 38.2. The summed E-state index contributed by atoms with van der Waals surface area (Å²) in [5.74, 6) is -0.706. The smallest absolute Gasteiger partial charge is 0.186 e. The van der Waals surface area contributed by atoms with Crippen LogP contribution in [0.1, 0.15) is 26.3 Å². The second-order valence-corrected chi connectivity index (χ2v) is 6.06. The van der Waals surface area contributed by atoms with Crippen molar-refractivity contribution in [3.63, 3.8) is 0 Å². The average molecular weight is 294 g/mol. The van der Waals surface area contributed by atoms with Gasteiger partial charge < -0.3 is 24.1 Å². The van der Waals surface area contributed by atoms with Crippen LogP contribution in [-0.2, 0) is 25.6 Å². The van der Waals surface area contributed by atoms with Crippen LogP contribution in [0.25, 0.3) is 0 Å². The highest BCUT2D eigenvalue weighted by Gasteiger charge is 2.53. The topological polar surface area (TPSA) is 57.2 Å². The van der Waals surface area contributed by atoms with E-state index in [9.17, 15) is 5.11 Å². The first-order chi connectivity index (χ1) is 9.96. The van der Waals surface area contributed by atoms with Gasteiger partial charge in [0.1, 0.15) is 18.3 Å². The predicted molar refractivity (Wildman–Crippen MR) is 75.4 cm³/mol. The van der Waals surface area contributed by atoms with Gasteiger partial charge in [-0.15, -0.1) is 0 Å². The van der Waals surface area contributed by atoms with Gasteiger partial charge in [-0.05, 0) is 26.3 Å². The Morgan fingerprint density at radius 2 is 1.81 bits per heavy atom. The van der Waals surface area contributed by atoms with Gasteiger partial charge in [-0.3, -0.25) is 0 Å². The minimum atomic E-state index is -0.864. The summed E-state index contributed by atoms with van der Waals surface area (Å²) in [6.45, 7) is 5.97. The number of fused-ring (bicyclic) bond motifs is 1. The van der Waals surface area contributed by atoms with Crippen LogP contribution < -0.4 is 0 Å². The molecule has 0 spiro atoms. The minimum absolute atomic E-state index is 0.194. The van der Waals surface area contributed by atoms with Gasteiger partial charge in [0, 0.05) is 0 Å². The van der Waals surface area contributed by atoms with Gasteiger partial charge in [-0.25, -0.2) is 0 Å². The fourth-order valence-corrected chi connectivity index (χ4v) is 2.86. The number of rotatable bonds is 3. The molecule has 0 saturated carbocycles. The molecule has 1 N–H and O–H groups in total. The molecule has 2 fully saturated rings. The molecule has 0 radical (unpaired) electrons. The molecule has 0 bridgehead atoms. The van der Waals surface area contributed by atoms with Crippen molar-refractivity contribution in [1.29, 1.82) is 0 Å². The summed E-state index contributed by atoms with van der Waals surface area (Å²) in [4.78, 5) is 0. The summed E-state index contributed by atoms with van der Waals surface area (Å²) in [5.41, 5.74) is 1.03. The Morgan fingerprint density at radius 1 is 1.14 bits per heavy atom. The van der Waals surface area contributed by atoms with Crippen LogP contribution in [0, 0.1) is 0 Å². The third kappa shape index (κ3) is 3.12. The molecule has 2 aliphatic heterocycles. The molecule has 0 amide bonds. The quantitative estimate of drug-likeness (QED) is 0.921. The van der Waals surface area contributed by atoms with Gasteiger partial charge in [-0.2, -0.15) is 0 Å². The third-order valence-corrected chi connectivity index (χ3v) is 3.85. The van der Waals surface area contributed by atoms with Crippen molar-refractivity contribution >= 4 is 0 Å². The molecule has 21 heavy (non-hydrogen) atoms. The van der Waals surface area contributed by atoms with Gasteiger partial charge >= 0.3 is 0 Å². The van der Waals surface area contributed by atoms with Crippen molar-refractivity contribution in [3.05, 3.63) is 35.9 Å². The van der Waals surface area contributed by atoms with E-state index in [2.05, 4.69) is 0 Å². The van der Waals surface area contributed by atoms with E-state index in [0.717, 1.165) is 5.56 Å². The molecular weight excluding hydrogens is 272 g/mol. The van der Waals surface area contributed by atoms with Gasteiger partial charge in [-0.1, -0.05) is 30.3 Å². The van der Waals surface area contributed by atoms with Crippen LogP contribution in [0.2, 0.25) is 0 Å². The lowest BCUT2D eigenvalue weighted by Crippen LogP contribution is -2.55. The predicted octanol–water partition coefficient (Wildman–Crippen LogP) is 1.83. The molecule has 1 aromatic rings. The van der Waals surface area contributed by atoms with Crippen LogP contribution >= 0.6 is 0 Å². The summed E-state index contributed by atoms with van der Waals surface area (Å²) in [6.07, 6.45) is -2.47. The van der Waals surface area contributed by atoms with Crippen molar-refractivity contribution in [2.24, 2.45) is 0 Å². The van der Waals surface area contributed by atoms with Gasteiger partial charge in [0.05, 0.1) is 12.7 Å². The Bertz CT molecular complexity index is 475. The van der Waals surface area contributed by atoms with Crippen LogP contribution in [-0.4, -0.2) is 41.6 Å². The fraction of sp³-hybridized carbons (Fsp3) is 0.625. The molecule has 0 aliphatic carbocycles. The molecule has 0 aromatic heterocycles. The molecule has 2 unspecified atom stereocenters. The molecule has 5 nitrogen and oxygen atoms in total. The van der Waals surface area contributed by atoms with E-state index in [0.29, 0.717) is 6.61 Å². The monoisotopic (exact) mass is 294 g/mol. The van der Waals surface area contributed by atoms with Crippen LogP contribution in [0.4, 0.5) is 0 Å². The molecule has 2 aliphatic rings. The second kappa shape index (κ2) is 5.66. The summed E-state index contributed by atoms with van der Waals surface area (Å²) in [6, 6.07) is 9.80. The van der Waals surface area contributed by atoms with Crippen LogP contribution in [0.3, 0.4) is 0 Å². The highest BCUT2D eigenvalue weighted by atomic mass is 16.8. The maximum absolute atomic E-state index is 10.4. The second-order valence-electron chi connectivity index (χ2n) is 6.06. The zero-order valence-corrected chi connectivity index (χ0v) is 12.6. The Morgan fingerprint density at radius 3 is 2.52 bits per heavy atom. The molecule has 116 valence electrons. The average Bonchev–Trinajstić information content (AvgIpc) is 2.79. The summed E-state index contributed by atoms with van der Waals surface area (Å²) < 4.78 is 23.0. The molecule has 1 aromatic carbocycles. The lowest BCUT2D eigenvalue weighted by Gasteiger charge is -2.38. The van der Waals surface area contributed by atoms with Crippen molar-refractivity contribution in [3.8, 4) is 0 Å². The lowest BCUT2D eigenvalue weighted by atomic mass is 10.00. The maximum Gasteiger partial charge on any atom is 0.186 e. The number of aliphatic hydroxyl groups excluding tert-OH is 1. The maximum atomic E-state index is 10.4. The highest BCUT2D eigenvalue weighted by Crippen LogP contribution is 2.37. The fourth-order valence-electron chi connectivity index (χ4n) is 2.86. The van der Waals surface area contributed by atoms with E-state index in [4.69, 9.17) is 18.9 Å². The van der Waals surface area contributed by atoms with Crippen LogP contribution in [0.15, 0.2) is 30.3 Å². The third-order valence-electron chi connectivity index (χ3n) is 3.85. The summed E-state index contributed by atoms with van der Waals surface area (Å²) >= 11 is 0. The van der Waals surface area contributed by atoms with E-state index < -0.39 is 24.3 Å². The van der Waals surface area contributed by atoms with Gasteiger partial charge in [0.2, 0.25) is 0 Å². The Labute approximate surface area is 124 Å². The zero-order chi connectivity index (χ0) is 15.0. The Hall–Kier alpha value is -0.980. The largest absolute Gasteiger partial charge is 0.385 e. The van der Waals surface area contributed by atoms with Crippen molar-refractivity contribution in [2.45, 2.75) is 63.9 Å². The van der Waals surface area contributed by atoms with E-state index >= 15 is 0 Å². The van der Waals surface area contributed by atoms with Crippen LogP contribution in [0.5, 0.6) is 0 Å². The standard InChI is InChI=1S/C16H22O5/c1-10-13-14(21-16(2,3)20-13)12(17)15(19-10)18-9-11-7-5-4-6-8-11/h4-8,10,12-15,17H,9H2,1-3H3/t10?,12?,13-,14+,15-/m0/s1. The number of hydrogen-bond donors (Lipinski definition) is 1. The summed E-state index contributed by atoms with van der Waals surface area (Å²) in [7, 11) is 0. The van der Waals surface area contributed by atoms with Crippen molar-refractivity contribution < 1.29 is 24.1 Å². The first-order valence-corrected chi connectivity index (χ1v) is 7.31. The molecular formula is C16H22O5. The van der Waals surface area contributed by atoms with Crippen molar-refractivity contribution in [2.75, 3.05) is 0 Å². The number of benzene rings is 1. The van der Waals surface area contributed by atoms with E-state index in [1.54, 1.807) is 0 Å². The SMILES string of the molecule is CC1O[C@H](OCc2ccccc2)C(O)[C@H]2OC(C)(C)O[C@@H]12. The molecule has 5 heteroatoms. The highest BCUT2D eigenvalue weighted by molar-refractivity contribution is 5.13. The van der Waals surface area contributed by atoms with E-state index in [1.807, 2.05) is 51.1 Å². The first kappa shape index (κ1) is 14.9. The number of aliphatic hydroxyl groups is 1. The Kier molecular flexibility index (Phi) is 4.03. The number of ether oxygens (including phenoxy) is 4. The molecule has 2 heterocycles. The Balaban J connectivity index is 1.65. The minimum Gasteiger partial charge on any atom is -0.385 e. The van der Waals surface area contributed by atoms with Gasteiger partial charge in [0.25, 0.3) is 0 Å². The van der Waals surface area contributed by atoms with Crippen molar-refractivity contribution in [1.82, 2.24) is 0 Å². The molecule has 5 atom stereocenters. The van der Waals surface area contributed by atoms with E-state index in [1.165, 1.54) is 0 Å². The molecule has 3 rings (SSSR count). The van der Waals surface area contributed by atoms with E-state index in [-0.39, 0.29) is 12.2 Å².